The molecule has 0 radical (unpaired) electrons. The molecule has 5 nitrogen and oxygen atoms in total. The van der Waals surface area contributed by atoms with Crippen molar-refractivity contribution in [3.05, 3.63) is 319 Å². The van der Waals surface area contributed by atoms with Crippen LogP contribution in [-0.2, 0) is 31.9 Å². The molecule has 464 valence electrons. The van der Waals surface area contributed by atoms with Crippen molar-refractivity contribution >= 4 is 61.7 Å². The largest absolute Gasteiger partial charge is 0.509 e. The van der Waals surface area contributed by atoms with Gasteiger partial charge in [-0.2, -0.15) is 16.7 Å². The first-order valence-electron chi connectivity index (χ1n) is 46.5. The second-order valence-electron chi connectivity index (χ2n) is 24.8. The van der Waals surface area contributed by atoms with E-state index in [4.69, 9.17) is 21.2 Å². The minimum atomic E-state index is -6.64. The third-order valence-corrected chi connectivity index (χ3v) is 21.1. The van der Waals surface area contributed by atoms with Gasteiger partial charge in [-0.3, -0.25) is 0 Å². The van der Waals surface area contributed by atoms with Gasteiger partial charge < -0.3 is 9.30 Å². The normalized spacial score (nSPS) is 17.3. The van der Waals surface area contributed by atoms with Crippen molar-refractivity contribution in [1.82, 2.24) is 14.1 Å². The van der Waals surface area contributed by atoms with Crippen LogP contribution in [0.2, 0.25) is 0 Å². The first kappa shape index (κ1) is 34.3. The van der Waals surface area contributed by atoms with E-state index in [0.717, 1.165) is 17.3 Å². The average Bonchev–Trinajstić information content (AvgIpc) is 0.782. The summed E-state index contributed by atoms with van der Waals surface area (Å²) >= 11 is 0. The first-order valence-corrected chi connectivity index (χ1v) is 32.0. The van der Waals surface area contributed by atoms with Crippen LogP contribution in [0.25, 0.3) is 106 Å². The van der Waals surface area contributed by atoms with Crippen molar-refractivity contribution in [2.75, 3.05) is 0 Å². The van der Waals surface area contributed by atoms with Crippen LogP contribution < -0.4 is 30.1 Å². The third-order valence-electron chi connectivity index (χ3n) is 17.1. The number of aryl methyl sites for hydroxylation is 2. The molecule has 0 fully saturated rings. The number of nitrogens with zero attached hydrogens (tertiary/aromatic N) is 4. The minimum Gasteiger partial charge on any atom is -0.509 e. The molecule has 0 spiro atoms. The van der Waals surface area contributed by atoms with Crippen LogP contribution in [0.4, 0.5) is 0 Å². The molecule has 0 unspecified atom stereocenters. The van der Waals surface area contributed by atoms with Gasteiger partial charge >= 0.3 is 0 Å². The maximum Gasteiger partial charge on any atom is 0.253 e. The molecule has 4 heterocycles. The van der Waals surface area contributed by atoms with E-state index in [1.54, 1.807) is 63.7 Å². The Morgan fingerprint density at radius 3 is 1.74 bits per heavy atom. The molecule has 95 heavy (non-hydrogen) atoms. The van der Waals surface area contributed by atoms with Crippen LogP contribution in [0.1, 0.15) is 109 Å². The zero-order valence-corrected chi connectivity index (χ0v) is 54.8. The molecule has 1 aliphatic heterocycles. The molecule has 0 atom stereocenters. The van der Waals surface area contributed by atoms with Gasteiger partial charge in [0.05, 0.1) is 37.0 Å². The van der Waals surface area contributed by atoms with Gasteiger partial charge in [0.2, 0.25) is 0 Å². The standard InChI is InChI=1S/C88H71N4OSi.Pt/c1-58-47-84(89-56-59(58)2)92-81-42-24-23-39-76(81)77-45-43-67(54-82(77)92)93-66-30-25-29-65(53-66)90-57-91-85-72(62-48-63(87(3,4)5)52-64(49-62)88(6,7)8)40-26-41-78(85)79-55-71(94(68-31-15-10-16-32-68,69-33-17-11-18-34-69)70-35-19-12-20-36-70)44-46-75(79)73-37-21-22-38-74(73)80-50-61(51-83(90)86(80)91)60-27-13-9-14-28-60;/h9-52,55-57H,1-8H3;/q-1;/i1D3,2D3,9D,10D,11D,12D,13D,14D,15D,16D,17D,18D,19D,20D,21D,22D,27D,28D,31D,32D,33D,34D,35D,36D,37D,38D,44D,46D,55D;. The minimum absolute atomic E-state index is 0. The number of benzene rings is 12. The monoisotopic (exact) mass is 1460 g/mol. The zero-order chi connectivity index (χ0) is 92.5. The third kappa shape index (κ3) is 10.5. The number of rotatable bonds is 10. The van der Waals surface area contributed by atoms with E-state index in [1.807, 2.05) is 65.8 Å². The number of hydrogen-bond donors (Lipinski definition) is 0. The Morgan fingerprint density at radius 2 is 1.07 bits per heavy atom. The zero-order valence-electron chi connectivity index (χ0n) is 84.6. The molecule has 7 heteroatoms. The molecule has 0 bridgehead atoms. The van der Waals surface area contributed by atoms with Crippen LogP contribution in [-0.4, -0.2) is 22.2 Å². The van der Waals surface area contributed by atoms with Gasteiger partial charge in [-0.05, 0) is 136 Å². The smallest absolute Gasteiger partial charge is 0.253 e. The molecule has 12 aromatic carbocycles. The van der Waals surface area contributed by atoms with Crippen LogP contribution in [0.3, 0.4) is 0 Å². The van der Waals surface area contributed by atoms with Crippen molar-refractivity contribution in [3.8, 4) is 84.3 Å². The van der Waals surface area contributed by atoms with Crippen LogP contribution >= 0.6 is 0 Å². The van der Waals surface area contributed by atoms with Gasteiger partial charge in [-0.1, -0.05) is 271 Å². The number of hydrogen-bond acceptors (Lipinski definition) is 2. The molecule has 15 aromatic rings. The van der Waals surface area contributed by atoms with E-state index < -0.39 is 255 Å². The number of fused-ring (bicyclic) bond motifs is 10. The van der Waals surface area contributed by atoms with E-state index in [-0.39, 0.29) is 83.0 Å². The quantitative estimate of drug-likeness (QED) is 0.0592. The number of imidazole rings is 1. The van der Waals surface area contributed by atoms with Crippen molar-refractivity contribution in [1.29, 1.82) is 0 Å². The van der Waals surface area contributed by atoms with E-state index in [2.05, 4.69) is 17.1 Å². The molecule has 1 aliphatic rings. The number of pyridine rings is 1. The summed E-state index contributed by atoms with van der Waals surface area (Å²) in [5.74, 6) is 0.0177. The average molecular weight is 1460 g/mol. The molecular formula is C88H71N4OPtSi-. The molecule has 0 saturated carbocycles. The molecule has 0 saturated heterocycles. The predicted octanol–water partition coefficient (Wildman–Crippen LogP) is 19.0. The second-order valence-corrected chi connectivity index (χ2v) is 28.3. The topological polar surface area (TPSA) is 35.9 Å². The molecule has 0 amide bonds. The molecule has 0 N–H and O–H groups in total. The Bertz CT molecular complexity index is 7090. The maximum absolute atomic E-state index is 11.7. The first-order chi connectivity index (χ1) is 59.3. The molecule has 16 rings (SSSR count). The fourth-order valence-corrected chi connectivity index (χ4v) is 16.1. The number of ether oxygens (including phenoxy) is 1. The van der Waals surface area contributed by atoms with Crippen LogP contribution in [0.15, 0.2) is 285 Å². The summed E-state index contributed by atoms with van der Waals surface area (Å²) in [7, 11) is -6.64. The van der Waals surface area contributed by atoms with Crippen LogP contribution in [0.5, 0.6) is 11.5 Å². The Balaban J connectivity index is 0.0000126. The van der Waals surface area contributed by atoms with E-state index >= 15 is 0 Å². The fourth-order valence-electron chi connectivity index (χ4n) is 12.5. The number of para-hydroxylation sites is 2. The summed E-state index contributed by atoms with van der Waals surface area (Å²) < 4.78 is 326. The second kappa shape index (κ2) is 24.0. The summed E-state index contributed by atoms with van der Waals surface area (Å²) in [5, 5.41) is -3.18. The van der Waals surface area contributed by atoms with Crippen molar-refractivity contribution in [3.63, 3.8) is 0 Å². The summed E-state index contributed by atoms with van der Waals surface area (Å²) in [6.45, 7) is 6.12. The van der Waals surface area contributed by atoms with Crippen molar-refractivity contribution < 1.29 is 75.6 Å². The molecular weight excluding hydrogens is 1350 g/mol. The molecule has 0 aliphatic carbocycles. The van der Waals surface area contributed by atoms with Gasteiger partial charge in [-0.15, -0.1) is 29.7 Å². The van der Waals surface area contributed by atoms with E-state index in [0.29, 0.717) is 27.4 Å². The Hall–Kier alpha value is -10.2. The SMILES string of the molecule is [2H]c1c([2H])c([2H])c(-c2cc3c4c(c2)n(-c2[c-]c(Oc5[c-]c6c(cc5)c5ccccc5n6-c5cc(C([2H])([2H])[2H])c(C([2H])([2H])[2H])cn5)ccc2)c[n+]4-c2c(-c4cc(C(C)(C)C)cc(C(C)(C)C)c4)cccc2-c2c([2H])c([Si](c4c([2H])c([2H])c([2H])c([2H])c4[2H])(c4c([2H])c([2H])c([2H])c([2H])c4[2H])c4c([2H])c([2H])c([2H])c([2H])c4[2H])c([2H])c([2H])c2-c2c([2H])c([2H])c([2H])c([2H])c2-3)c([2H])c1[2H].[Pt]. The summed E-state index contributed by atoms with van der Waals surface area (Å²) in [5.41, 5.74) is -3.01. The predicted molar refractivity (Wildman–Crippen MR) is 392 cm³/mol. The fraction of sp³-hybridized carbons (Fsp3) is 0.114. The van der Waals surface area contributed by atoms with E-state index in [9.17, 15) is 28.8 Å². The van der Waals surface area contributed by atoms with Gasteiger partial charge in [0, 0.05) is 74.9 Å². The van der Waals surface area contributed by atoms with Gasteiger partial charge in [0.25, 0.3) is 6.33 Å². The van der Waals surface area contributed by atoms with Crippen molar-refractivity contribution in [2.24, 2.45) is 0 Å². The van der Waals surface area contributed by atoms with E-state index in [1.165, 1.54) is 41.2 Å². The number of aromatic nitrogens is 4. The van der Waals surface area contributed by atoms with Crippen LogP contribution in [0, 0.1) is 25.8 Å². The summed E-state index contributed by atoms with van der Waals surface area (Å²) in [4.78, 5) is 4.52. The summed E-state index contributed by atoms with van der Waals surface area (Å²) in [6, 6.07) is 7.13. The molecule has 3 aromatic heterocycles. The van der Waals surface area contributed by atoms with Gasteiger partial charge in [0.1, 0.15) is 11.5 Å². The van der Waals surface area contributed by atoms with Crippen molar-refractivity contribution in [2.45, 2.75) is 66.1 Å². The van der Waals surface area contributed by atoms with Gasteiger partial charge in [-0.25, -0.2) is 9.55 Å². The Morgan fingerprint density at radius 1 is 0.474 bits per heavy atom. The maximum atomic E-state index is 11.7. The van der Waals surface area contributed by atoms with Gasteiger partial charge in [0.15, 0.2) is 19.1 Å². The summed E-state index contributed by atoms with van der Waals surface area (Å²) in [6.07, 6.45) is 2.52. The Labute approximate surface area is 618 Å². The Kier molecular flexibility index (Phi) is 8.64.